The predicted molar refractivity (Wildman–Crippen MR) is 69.8 cm³/mol. The molecule has 0 saturated carbocycles. The highest BCUT2D eigenvalue weighted by Gasteiger charge is 2.08. The van der Waals surface area contributed by atoms with E-state index in [-0.39, 0.29) is 6.23 Å². The van der Waals surface area contributed by atoms with Crippen molar-refractivity contribution in [3.05, 3.63) is 42.0 Å². The molecule has 0 aromatic heterocycles. The van der Waals surface area contributed by atoms with Crippen molar-refractivity contribution in [1.82, 2.24) is 0 Å². The molecule has 0 saturated heterocycles. The van der Waals surface area contributed by atoms with E-state index in [0.29, 0.717) is 0 Å². The molecule has 0 radical (unpaired) electrons. The number of rotatable bonds is 6. The van der Waals surface area contributed by atoms with Crippen LogP contribution in [0.15, 0.2) is 30.9 Å². The first-order valence-corrected chi connectivity index (χ1v) is 5.73. The van der Waals surface area contributed by atoms with Gasteiger partial charge in [0, 0.05) is 12.8 Å². The van der Waals surface area contributed by atoms with Gasteiger partial charge in [0.2, 0.25) is 0 Å². The van der Waals surface area contributed by atoms with Crippen molar-refractivity contribution < 1.29 is 4.74 Å². The normalized spacial score (nSPS) is 12.2. The summed E-state index contributed by atoms with van der Waals surface area (Å²) in [6.45, 7) is 7.96. The van der Waals surface area contributed by atoms with Gasteiger partial charge in [0.15, 0.2) is 0 Å². The van der Waals surface area contributed by atoms with E-state index in [2.05, 4.69) is 37.0 Å². The van der Waals surface area contributed by atoms with Gasteiger partial charge in [0.05, 0.1) is 0 Å². The van der Waals surface area contributed by atoms with Crippen molar-refractivity contribution in [3.8, 4) is 0 Å². The van der Waals surface area contributed by atoms with E-state index in [1.807, 2.05) is 13.0 Å². The molecular weight excluding hydrogens is 198 g/mol. The van der Waals surface area contributed by atoms with Crippen LogP contribution in [0.3, 0.4) is 0 Å². The molecule has 88 valence electrons. The summed E-state index contributed by atoms with van der Waals surface area (Å²) < 4.78 is 5.25. The van der Waals surface area contributed by atoms with Gasteiger partial charge < -0.3 is 10.1 Å². The van der Waals surface area contributed by atoms with Gasteiger partial charge in [-0.05, 0) is 30.9 Å². The fourth-order valence-corrected chi connectivity index (χ4v) is 1.72. The van der Waals surface area contributed by atoms with Crippen molar-refractivity contribution >= 4 is 5.69 Å². The van der Waals surface area contributed by atoms with Crippen LogP contribution in [0.1, 0.15) is 25.0 Å². The molecule has 1 rings (SSSR count). The van der Waals surface area contributed by atoms with Gasteiger partial charge in [-0.3, -0.25) is 0 Å². The van der Waals surface area contributed by atoms with E-state index >= 15 is 0 Å². The van der Waals surface area contributed by atoms with Gasteiger partial charge in [-0.1, -0.05) is 31.2 Å². The highest BCUT2D eigenvalue weighted by molar-refractivity contribution is 5.58. The van der Waals surface area contributed by atoms with Crippen LogP contribution in [-0.2, 0) is 17.6 Å². The molecule has 0 bridgehead atoms. The van der Waals surface area contributed by atoms with Gasteiger partial charge >= 0.3 is 0 Å². The summed E-state index contributed by atoms with van der Waals surface area (Å²) in [6, 6.07) is 6.38. The molecule has 1 atom stereocenters. The van der Waals surface area contributed by atoms with Crippen molar-refractivity contribution in [1.29, 1.82) is 0 Å². The summed E-state index contributed by atoms with van der Waals surface area (Å²) in [5, 5.41) is 3.39. The molecule has 1 N–H and O–H groups in total. The zero-order valence-corrected chi connectivity index (χ0v) is 10.4. The maximum Gasteiger partial charge on any atom is 0.124 e. The van der Waals surface area contributed by atoms with Gasteiger partial charge in [-0.2, -0.15) is 0 Å². The number of anilines is 1. The molecule has 2 heteroatoms. The summed E-state index contributed by atoms with van der Waals surface area (Å²) in [6.07, 6.45) is 3.85. The van der Waals surface area contributed by atoms with Crippen LogP contribution < -0.4 is 5.32 Å². The Morgan fingerprint density at radius 2 is 2.12 bits per heavy atom. The number of benzene rings is 1. The predicted octanol–water partition coefficient (Wildman–Crippen LogP) is 3.38. The second kappa shape index (κ2) is 6.33. The van der Waals surface area contributed by atoms with Crippen LogP contribution in [0.2, 0.25) is 0 Å². The number of nitrogens with one attached hydrogen (secondary N) is 1. The molecule has 2 nitrogen and oxygen atoms in total. The van der Waals surface area contributed by atoms with Crippen molar-refractivity contribution in [2.45, 2.75) is 32.9 Å². The van der Waals surface area contributed by atoms with Crippen LogP contribution in [-0.4, -0.2) is 13.3 Å². The SMILES string of the molecule is C=CCc1cccc(CC)c1NC(C)OC. The monoisotopic (exact) mass is 219 g/mol. The summed E-state index contributed by atoms with van der Waals surface area (Å²) >= 11 is 0. The maximum atomic E-state index is 5.25. The quantitative estimate of drug-likeness (QED) is 0.585. The van der Waals surface area contributed by atoms with E-state index in [9.17, 15) is 0 Å². The minimum Gasteiger partial charge on any atom is -0.362 e. The van der Waals surface area contributed by atoms with Crippen LogP contribution in [0, 0.1) is 0 Å². The molecule has 0 amide bonds. The lowest BCUT2D eigenvalue weighted by atomic mass is 10.0. The zero-order valence-electron chi connectivity index (χ0n) is 10.4. The number of hydrogen-bond donors (Lipinski definition) is 1. The van der Waals surface area contributed by atoms with E-state index in [0.717, 1.165) is 12.8 Å². The summed E-state index contributed by atoms with van der Waals surface area (Å²) in [5.41, 5.74) is 3.79. The standard InChI is InChI=1S/C14H21NO/c1-5-8-13-10-7-9-12(6-2)14(13)15-11(3)16-4/h5,7,9-11,15H,1,6,8H2,2-4H3. The smallest absolute Gasteiger partial charge is 0.124 e. The molecule has 0 heterocycles. The Hall–Kier alpha value is -1.28. The van der Waals surface area contributed by atoms with Crippen LogP contribution in [0.5, 0.6) is 0 Å². The third kappa shape index (κ3) is 3.11. The molecule has 16 heavy (non-hydrogen) atoms. The number of aryl methyl sites for hydroxylation is 1. The second-order valence-corrected chi connectivity index (χ2v) is 3.82. The minimum absolute atomic E-state index is 0.0243. The lowest BCUT2D eigenvalue weighted by Gasteiger charge is -2.19. The van der Waals surface area contributed by atoms with Gasteiger partial charge in [-0.15, -0.1) is 6.58 Å². The topological polar surface area (TPSA) is 21.3 Å². The Balaban J connectivity index is 3.03. The van der Waals surface area contributed by atoms with Crippen molar-refractivity contribution in [2.24, 2.45) is 0 Å². The third-order valence-electron chi connectivity index (χ3n) is 2.68. The average molecular weight is 219 g/mol. The number of hydrogen-bond acceptors (Lipinski definition) is 2. The van der Waals surface area contributed by atoms with Crippen LogP contribution in [0.4, 0.5) is 5.69 Å². The first kappa shape index (κ1) is 12.8. The molecule has 0 aliphatic rings. The second-order valence-electron chi connectivity index (χ2n) is 3.82. The Morgan fingerprint density at radius 3 is 2.69 bits per heavy atom. The molecule has 1 aromatic rings. The summed E-state index contributed by atoms with van der Waals surface area (Å²) in [4.78, 5) is 0. The number of ether oxygens (including phenoxy) is 1. The Labute approximate surface area is 98.3 Å². The Kier molecular flexibility index (Phi) is 5.06. The van der Waals surface area contributed by atoms with E-state index in [1.54, 1.807) is 7.11 Å². The molecular formula is C14H21NO. The molecule has 1 aromatic carbocycles. The average Bonchev–Trinajstić information content (AvgIpc) is 2.31. The summed E-state index contributed by atoms with van der Waals surface area (Å²) in [5.74, 6) is 0. The number of para-hydroxylation sites is 1. The lowest BCUT2D eigenvalue weighted by molar-refractivity contribution is 0.141. The Bertz CT molecular complexity index is 347. The number of methoxy groups -OCH3 is 1. The zero-order chi connectivity index (χ0) is 12.0. The maximum absolute atomic E-state index is 5.25. The van der Waals surface area contributed by atoms with Gasteiger partial charge in [0.1, 0.15) is 6.23 Å². The molecule has 0 spiro atoms. The van der Waals surface area contributed by atoms with Crippen molar-refractivity contribution in [2.75, 3.05) is 12.4 Å². The van der Waals surface area contributed by atoms with Crippen LogP contribution >= 0.6 is 0 Å². The van der Waals surface area contributed by atoms with E-state index < -0.39 is 0 Å². The van der Waals surface area contributed by atoms with Gasteiger partial charge in [-0.25, -0.2) is 0 Å². The van der Waals surface area contributed by atoms with E-state index in [4.69, 9.17) is 4.74 Å². The van der Waals surface area contributed by atoms with Crippen LogP contribution in [0.25, 0.3) is 0 Å². The fourth-order valence-electron chi connectivity index (χ4n) is 1.72. The van der Waals surface area contributed by atoms with E-state index in [1.165, 1.54) is 16.8 Å². The largest absolute Gasteiger partial charge is 0.362 e. The molecule has 1 unspecified atom stereocenters. The summed E-state index contributed by atoms with van der Waals surface area (Å²) in [7, 11) is 1.71. The third-order valence-corrected chi connectivity index (χ3v) is 2.68. The number of allylic oxidation sites excluding steroid dienone is 1. The minimum atomic E-state index is 0.0243. The Morgan fingerprint density at radius 1 is 1.44 bits per heavy atom. The highest BCUT2D eigenvalue weighted by atomic mass is 16.5. The lowest BCUT2D eigenvalue weighted by Crippen LogP contribution is -2.19. The highest BCUT2D eigenvalue weighted by Crippen LogP contribution is 2.23. The van der Waals surface area contributed by atoms with Crippen molar-refractivity contribution in [3.63, 3.8) is 0 Å². The molecule has 0 fully saturated rings. The van der Waals surface area contributed by atoms with Gasteiger partial charge in [0.25, 0.3) is 0 Å². The first-order valence-electron chi connectivity index (χ1n) is 5.73. The molecule has 0 aliphatic heterocycles. The fraction of sp³-hybridized carbons (Fsp3) is 0.429. The molecule has 0 aliphatic carbocycles. The first-order chi connectivity index (χ1) is 7.72.